The van der Waals surface area contributed by atoms with E-state index in [1.807, 2.05) is 0 Å². The fourth-order valence-corrected chi connectivity index (χ4v) is 2.62. The lowest BCUT2D eigenvalue weighted by Gasteiger charge is -2.16. The molecule has 3 N–H and O–H groups in total. The fourth-order valence-electron chi connectivity index (χ4n) is 2.62. The second kappa shape index (κ2) is 7.28. The number of hydrogen-bond donors (Lipinski definition) is 3. The monoisotopic (exact) mass is 371 g/mol. The summed E-state index contributed by atoms with van der Waals surface area (Å²) in [5.41, 5.74) is 0.630. The van der Waals surface area contributed by atoms with Gasteiger partial charge < -0.3 is 10.4 Å². The van der Waals surface area contributed by atoms with Gasteiger partial charge in [-0.25, -0.2) is 8.78 Å². The molecule has 0 spiro atoms. The zero-order valence-corrected chi connectivity index (χ0v) is 14.9. The van der Waals surface area contributed by atoms with Gasteiger partial charge in [-0.15, -0.1) is 0 Å². The Bertz CT molecular complexity index is 1000. The number of H-pyrrole nitrogens is 1. The Balaban J connectivity index is 1.88. The number of nitrogens with zero attached hydrogens (tertiary/aromatic N) is 1. The molecule has 0 saturated heterocycles. The molecule has 0 unspecified atom stereocenters. The summed E-state index contributed by atoms with van der Waals surface area (Å²) in [5, 5.41) is 19.7. The third kappa shape index (κ3) is 4.77. The van der Waals surface area contributed by atoms with Gasteiger partial charge in [0.25, 0.3) is 0 Å². The molecular weight excluding hydrogens is 352 g/mol. The number of hydrogen-bond acceptors (Lipinski definition) is 3. The average Bonchev–Trinajstić information content (AvgIpc) is 2.95. The first-order chi connectivity index (χ1) is 12.7. The SMILES string of the molecule is CC(C)(O)CC(=O)Nc1cc2c(C=Cc3ccc(F)cc3)n[nH]c2cc1F. The van der Waals surface area contributed by atoms with Gasteiger partial charge in [-0.05, 0) is 43.7 Å². The molecule has 7 heteroatoms. The van der Waals surface area contributed by atoms with Crippen LogP contribution in [0.4, 0.5) is 14.5 Å². The van der Waals surface area contributed by atoms with Crippen molar-refractivity contribution in [1.82, 2.24) is 10.2 Å². The molecule has 1 heterocycles. The van der Waals surface area contributed by atoms with Gasteiger partial charge in [-0.2, -0.15) is 5.10 Å². The molecule has 0 saturated carbocycles. The van der Waals surface area contributed by atoms with E-state index >= 15 is 0 Å². The highest BCUT2D eigenvalue weighted by Crippen LogP contribution is 2.26. The van der Waals surface area contributed by atoms with Gasteiger partial charge in [0.15, 0.2) is 0 Å². The van der Waals surface area contributed by atoms with E-state index in [0.717, 1.165) is 5.56 Å². The number of benzene rings is 2. The van der Waals surface area contributed by atoms with Crippen molar-refractivity contribution in [1.29, 1.82) is 0 Å². The Morgan fingerprint density at radius 1 is 1.22 bits per heavy atom. The highest BCUT2D eigenvalue weighted by atomic mass is 19.1. The lowest BCUT2D eigenvalue weighted by molar-refractivity contribution is -0.119. The van der Waals surface area contributed by atoms with Crippen molar-refractivity contribution in [2.24, 2.45) is 0 Å². The molecule has 3 aromatic rings. The lowest BCUT2D eigenvalue weighted by Crippen LogP contribution is -2.27. The van der Waals surface area contributed by atoms with E-state index in [1.54, 1.807) is 24.3 Å². The van der Waals surface area contributed by atoms with E-state index < -0.39 is 17.3 Å². The van der Waals surface area contributed by atoms with E-state index in [-0.39, 0.29) is 17.9 Å². The smallest absolute Gasteiger partial charge is 0.227 e. The number of carbonyl (C=O) groups excluding carboxylic acids is 1. The molecule has 3 rings (SSSR count). The van der Waals surface area contributed by atoms with E-state index in [1.165, 1.54) is 38.1 Å². The molecule has 0 aliphatic rings. The van der Waals surface area contributed by atoms with Gasteiger partial charge in [-0.3, -0.25) is 9.89 Å². The van der Waals surface area contributed by atoms with E-state index in [4.69, 9.17) is 0 Å². The Labute approximate surface area is 154 Å². The van der Waals surface area contributed by atoms with Crippen molar-refractivity contribution in [3.63, 3.8) is 0 Å². The predicted octanol–water partition coefficient (Wildman–Crippen LogP) is 4.11. The predicted molar refractivity (Wildman–Crippen MR) is 101 cm³/mol. The van der Waals surface area contributed by atoms with Crippen LogP contribution in [0.5, 0.6) is 0 Å². The second-order valence-corrected chi connectivity index (χ2v) is 6.91. The highest BCUT2D eigenvalue weighted by Gasteiger charge is 2.19. The third-order valence-corrected chi connectivity index (χ3v) is 3.85. The molecule has 140 valence electrons. The zero-order chi connectivity index (χ0) is 19.6. The van der Waals surface area contributed by atoms with Crippen molar-refractivity contribution in [3.8, 4) is 0 Å². The summed E-state index contributed by atoms with van der Waals surface area (Å²) in [6.45, 7) is 3.00. The van der Waals surface area contributed by atoms with Crippen molar-refractivity contribution in [2.45, 2.75) is 25.9 Å². The number of rotatable bonds is 5. The number of aromatic amines is 1. The molecule has 0 aliphatic carbocycles. The van der Waals surface area contributed by atoms with Gasteiger partial charge in [0, 0.05) is 11.5 Å². The minimum atomic E-state index is -1.19. The number of carbonyl (C=O) groups is 1. The third-order valence-electron chi connectivity index (χ3n) is 3.85. The minimum absolute atomic E-state index is 0.00887. The van der Waals surface area contributed by atoms with E-state index in [0.29, 0.717) is 16.6 Å². The normalized spacial score (nSPS) is 12.0. The average molecular weight is 371 g/mol. The summed E-state index contributed by atoms with van der Waals surface area (Å²) >= 11 is 0. The minimum Gasteiger partial charge on any atom is -0.390 e. The van der Waals surface area contributed by atoms with Crippen LogP contribution in [0.15, 0.2) is 36.4 Å². The van der Waals surface area contributed by atoms with Crippen LogP contribution in [0.25, 0.3) is 23.1 Å². The number of halogens is 2. The van der Waals surface area contributed by atoms with Gasteiger partial charge in [0.05, 0.1) is 28.9 Å². The van der Waals surface area contributed by atoms with Gasteiger partial charge in [0.1, 0.15) is 11.6 Å². The molecule has 0 radical (unpaired) electrons. The summed E-state index contributed by atoms with van der Waals surface area (Å²) in [5.74, 6) is -1.42. The van der Waals surface area contributed by atoms with Crippen LogP contribution in [0.1, 0.15) is 31.5 Å². The number of aliphatic hydroxyl groups is 1. The van der Waals surface area contributed by atoms with Gasteiger partial charge >= 0.3 is 0 Å². The largest absolute Gasteiger partial charge is 0.390 e. The van der Waals surface area contributed by atoms with Gasteiger partial charge in [0.2, 0.25) is 5.91 Å². The van der Waals surface area contributed by atoms with Crippen LogP contribution in [0.3, 0.4) is 0 Å². The lowest BCUT2D eigenvalue weighted by atomic mass is 10.1. The molecule has 27 heavy (non-hydrogen) atoms. The fraction of sp³-hybridized carbons (Fsp3) is 0.200. The number of aromatic nitrogens is 2. The molecule has 1 amide bonds. The summed E-state index contributed by atoms with van der Waals surface area (Å²) in [6, 6.07) is 8.70. The van der Waals surface area contributed by atoms with Crippen molar-refractivity contribution < 1.29 is 18.7 Å². The summed E-state index contributed by atoms with van der Waals surface area (Å²) in [6.07, 6.45) is 3.31. The molecular formula is C20H19F2N3O2. The van der Waals surface area contributed by atoms with Crippen LogP contribution in [-0.2, 0) is 4.79 Å². The maximum atomic E-state index is 14.2. The van der Waals surface area contributed by atoms with Gasteiger partial charge in [-0.1, -0.05) is 18.2 Å². The zero-order valence-electron chi connectivity index (χ0n) is 14.9. The van der Waals surface area contributed by atoms with Crippen LogP contribution in [0.2, 0.25) is 0 Å². The molecule has 0 atom stereocenters. The summed E-state index contributed by atoms with van der Waals surface area (Å²) in [4.78, 5) is 12.0. The maximum Gasteiger partial charge on any atom is 0.227 e. The first-order valence-corrected chi connectivity index (χ1v) is 8.35. The van der Waals surface area contributed by atoms with Crippen molar-refractivity contribution in [3.05, 3.63) is 59.3 Å². The van der Waals surface area contributed by atoms with E-state index in [9.17, 15) is 18.7 Å². The highest BCUT2D eigenvalue weighted by molar-refractivity contribution is 5.96. The Morgan fingerprint density at radius 3 is 2.59 bits per heavy atom. The van der Waals surface area contributed by atoms with Crippen molar-refractivity contribution in [2.75, 3.05) is 5.32 Å². The number of anilines is 1. The first-order valence-electron chi connectivity index (χ1n) is 8.35. The van der Waals surface area contributed by atoms with E-state index in [2.05, 4.69) is 15.5 Å². The molecule has 0 bridgehead atoms. The maximum absolute atomic E-state index is 14.2. The number of fused-ring (bicyclic) bond motifs is 1. The van der Waals surface area contributed by atoms with Crippen LogP contribution in [0, 0.1) is 11.6 Å². The topological polar surface area (TPSA) is 78.0 Å². The molecule has 2 aromatic carbocycles. The Morgan fingerprint density at radius 2 is 1.93 bits per heavy atom. The standard InChI is InChI=1S/C20H19F2N3O2/c1-20(2,27)11-19(26)23-18-9-14-16(24-25-17(14)10-15(18)22)8-5-12-3-6-13(21)7-4-12/h3-10,27H,11H2,1-2H3,(H,23,26)(H,24,25). The second-order valence-electron chi connectivity index (χ2n) is 6.91. The van der Waals surface area contributed by atoms with Crippen molar-refractivity contribution >= 4 is 34.6 Å². The summed E-state index contributed by atoms with van der Waals surface area (Å²) in [7, 11) is 0. The molecule has 0 aliphatic heterocycles. The molecule has 1 aromatic heterocycles. The molecule has 0 fully saturated rings. The summed E-state index contributed by atoms with van der Waals surface area (Å²) < 4.78 is 27.2. The Kier molecular flexibility index (Phi) is 5.05. The van der Waals surface area contributed by atoms with Crippen LogP contribution < -0.4 is 5.32 Å². The first kappa shape index (κ1) is 18.7. The molecule has 5 nitrogen and oxygen atoms in total. The van der Waals surface area contributed by atoms with Crippen LogP contribution >= 0.6 is 0 Å². The number of amides is 1. The Hall–Kier alpha value is -3.06. The number of nitrogens with one attached hydrogen (secondary N) is 2. The quantitative estimate of drug-likeness (QED) is 0.632. The van der Waals surface area contributed by atoms with Crippen LogP contribution in [-0.4, -0.2) is 26.8 Å².